The van der Waals surface area contributed by atoms with E-state index in [1.54, 1.807) is 0 Å². The lowest BCUT2D eigenvalue weighted by Gasteiger charge is -2.22. The molecule has 0 fully saturated rings. The number of carbonyl (C=O) groups is 1. The molecule has 0 saturated heterocycles. The van der Waals surface area contributed by atoms with Crippen LogP contribution in [0.25, 0.3) is 22.9 Å². The summed E-state index contributed by atoms with van der Waals surface area (Å²) < 4.78 is 5.98. The Morgan fingerprint density at radius 2 is 1.93 bits per heavy atom. The Morgan fingerprint density at radius 1 is 1.20 bits per heavy atom. The Kier molecular flexibility index (Phi) is 5.46. The Hall–Kier alpha value is -3.69. The van der Waals surface area contributed by atoms with Crippen LogP contribution in [0, 0.1) is 11.3 Å². The van der Waals surface area contributed by atoms with Crippen molar-refractivity contribution < 1.29 is 9.53 Å². The van der Waals surface area contributed by atoms with Gasteiger partial charge in [-0.25, -0.2) is 4.98 Å². The van der Waals surface area contributed by atoms with E-state index in [1.165, 1.54) is 18.3 Å². The second-order valence-corrected chi connectivity index (χ2v) is 7.86. The number of amides is 1. The quantitative estimate of drug-likeness (QED) is 0.570. The Morgan fingerprint density at radius 3 is 2.67 bits per heavy atom. The summed E-state index contributed by atoms with van der Waals surface area (Å²) in [6.45, 7) is 3.41. The number of aromatic nitrogens is 1. The number of fused-ring (bicyclic) bond motifs is 1. The van der Waals surface area contributed by atoms with Crippen molar-refractivity contribution in [3.05, 3.63) is 76.8 Å². The molecule has 0 saturated carbocycles. The third-order valence-electron chi connectivity index (χ3n) is 4.64. The molecule has 1 N–H and O–H groups in total. The van der Waals surface area contributed by atoms with Crippen molar-refractivity contribution in [1.29, 1.82) is 5.26 Å². The molecule has 0 aliphatic carbocycles. The summed E-state index contributed by atoms with van der Waals surface area (Å²) in [5.41, 5.74) is 3.82. The number of nitrogens with one attached hydrogen (secondary N) is 1. The highest BCUT2D eigenvalue weighted by atomic mass is 32.1. The second kappa shape index (κ2) is 8.36. The number of nitrogens with zero attached hydrogens (tertiary/aromatic N) is 2. The van der Waals surface area contributed by atoms with E-state index in [2.05, 4.69) is 16.4 Å². The molecule has 1 atom stereocenters. The number of hydrogen-bond acceptors (Lipinski definition) is 5. The summed E-state index contributed by atoms with van der Waals surface area (Å²) >= 11 is 1.29. The zero-order chi connectivity index (χ0) is 21.1. The molecule has 0 unspecified atom stereocenters. The summed E-state index contributed by atoms with van der Waals surface area (Å²) in [7, 11) is 0. The fourth-order valence-electron chi connectivity index (χ4n) is 3.20. The van der Waals surface area contributed by atoms with E-state index in [0.29, 0.717) is 21.3 Å². The molecule has 1 aliphatic rings. The zero-order valence-electron chi connectivity index (χ0n) is 16.5. The number of para-hydroxylation sites is 1. The van der Waals surface area contributed by atoms with Crippen LogP contribution in [-0.2, 0) is 4.79 Å². The molecule has 2 heterocycles. The fraction of sp³-hybridized carbons (Fsp3) is 0.125. The lowest BCUT2D eigenvalue weighted by molar-refractivity contribution is -0.114. The van der Waals surface area contributed by atoms with E-state index < -0.39 is 0 Å². The zero-order valence-corrected chi connectivity index (χ0v) is 17.4. The van der Waals surface area contributed by atoms with Crippen molar-refractivity contribution >= 4 is 33.9 Å². The van der Waals surface area contributed by atoms with Crippen molar-refractivity contribution in [1.82, 2.24) is 4.98 Å². The molecule has 30 heavy (non-hydrogen) atoms. The molecule has 1 amide bonds. The summed E-state index contributed by atoms with van der Waals surface area (Å²) in [5, 5.41) is 13.8. The molecule has 0 bridgehead atoms. The van der Waals surface area contributed by atoms with Gasteiger partial charge >= 0.3 is 0 Å². The summed E-state index contributed by atoms with van der Waals surface area (Å²) in [6.07, 6.45) is 3.65. The number of allylic oxidation sites excluding steroid dienone is 1. The third kappa shape index (κ3) is 4.02. The minimum Gasteiger partial charge on any atom is -0.485 e. The van der Waals surface area contributed by atoms with E-state index in [0.717, 1.165) is 22.4 Å². The molecule has 0 spiro atoms. The Balaban J connectivity index is 1.77. The highest BCUT2D eigenvalue weighted by Crippen LogP contribution is 2.37. The smallest absolute Gasteiger partial charge is 0.221 e. The largest absolute Gasteiger partial charge is 0.485 e. The first-order valence-corrected chi connectivity index (χ1v) is 10.3. The highest BCUT2D eigenvalue weighted by Gasteiger charge is 2.20. The standard InChI is InChI=1S/C24H19N3O2S/c1-15-19(12-18-10-6-7-11-21(18)29-15)13-20(14-25)23-27-22(17-8-4-3-5-9-17)24(30-23)26-16(2)28/h3-13,15H,1-2H3,(H,26,28)/b20-13+/t15-/m0/s1. The van der Waals surface area contributed by atoms with E-state index in [4.69, 9.17) is 4.74 Å². The minimum atomic E-state index is -0.188. The lowest BCUT2D eigenvalue weighted by atomic mass is 10.0. The van der Waals surface area contributed by atoms with Gasteiger partial charge in [-0.2, -0.15) is 5.26 Å². The van der Waals surface area contributed by atoms with Crippen molar-refractivity contribution in [3.8, 4) is 23.1 Å². The second-order valence-electron chi connectivity index (χ2n) is 6.86. The summed E-state index contributed by atoms with van der Waals surface area (Å²) in [4.78, 5) is 16.4. The van der Waals surface area contributed by atoms with Crippen LogP contribution in [0.1, 0.15) is 24.4 Å². The average molecular weight is 414 g/mol. The number of rotatable bonds is 4. The monoisotopic (exact) mass is 413 g/mol. The first-order valence-electron chi connectivity index (χ1n) is 9.48. The number of thiazole rings is 1. The number of carbonyl (C=O) groups excluding carboxylic acids is 1. The maximum atomic E-state index is 11.7. The van der Waals surface area contributed by atoms with E-state index >= 15 is 0 Å². The van der Waals surface area contributed by atoms with Gasteiger partial charge in [0.05, 0.1) is 5.57 Å². The molecule has 1 aliphatic heterocycles. The van der Waals surface area contributed by atoms with Gasteiger partial charge in [0.1, 0.15) is 33.6 Å². The normalized spacial score (nSPS) is 15.4. The number of anilines is 1. The molecular weight excluding hydrogens is 394 g/mol. The van der Waals surface area contributed by atoms with Crippen LogP contribution >= 0.6 is 11.3 Å². The van der Waals surface area contributed by atoms with Gasteiger partial charge < -0.3 is 10.1 Å². The van der Waals surface area contributed by atoms with E-state index in [-0.39, 0.29) is 12.0 Å². The van der Waals surface area contributed by atoms with Crippen LogP contribution in [0.15, 0.2) is 66.2 Å². The van der Waals surface area contributed by atoms with Gasteiger partial charge in [0.25, 0.3) is 0 Å². The third-order valence-corrected chi connectivity index (χ3v) is 5.64. The van der Waals surface area contributed by atoms with Gasteiger partial charge in [0.2, 0.25) is 5.91 Å². The number of benzene rings is 2. The van der Waals surface area contributed by atoms with E-state index in [1.807, 2.05) is 73.7 Å². The maximum absolute atomic E-state index is 11.7. The molecule has 4 rings (SSSR count). The van der Waals surface area contributed by atoms with Crippen LogP contribution in [0.2, 0.25) is 0 Å². The molecule has 148 valence electrons. The average Bonchev–Trinajstić information content (AvgIpc) is 3.15. The SMILES string of the molecule is CC(=O)Nc1sc(/C(C#N)=C/C2=Cc3ccccc3O[C@H]2C)nc1-c1ccccc1. The fourth-order valence-corrected chi connectivity index (χ4v) is 4.20. The predicted molar refractivity (Wildman–Crippen MR) is 120 cm³/mol. The summed E-state index contributed by atoms with van der Waals surface area (Å²) in [6, 6.07) is 19.7. The van der Waals surface area contributed by atoms with Gasteiger partial charge in [-0.15, -0.1) is 0 Å². The summed E-state index contributed by atoms with van der Waals surface area (Å²) in [5.74, 6) is 0.646. The van der Waals surface area contributed by atoms with Crippen LogP contribution in [0.5, 0.6) is 5.75 Å². The molecule has 5 nitrogen and oxygen atoms in total. The number of nitriles is 1. The molecule has 6 heteroatoms. The topological polar surface area (TPSA) is 75.0 Å². The number of ether oxygens (including phenoxy) is 1. The van der Waals surface area contributed by atoms with Crippen molar-refractivity contribution in [2.24, 2.45) is 0 Å². The van der Waals surface area contributed by atoms with Crippen molar-refractivity contribution in [3.63, 3.8) is 0 Å². The van der Waals surface area contributed by atoms with Crippen LogP contribution in [0.3, 0.4) is 0 Å². The van der Waals surface area contributed by atoms with E-state index in [9.17, 15) is 10.1 Å². The first kappa shape index (κ1) is 19.6. The maximum Gasteiger partial charge on any atom is 0.221 e. The van der Waals surface area contributed by atoms with Gasteiger partial charge in [-0.05, 0) is 30.7 Å². The minimum absolute atomic E-state index is 0.182. The van der Waals surface area contributed by atoms with Crippen molar-refractivity contribution in [2.75, 3.05) is 5.32 Å². The Labute approximate surface area is 179 Å². The molecular formula is C24H19N3O2S. The van der Waals surface area contributed by atoms with Gasteiger partial charge in [-0.1, -0.05) is 59.9 Å². The number of hydrogen-bond donors (Lipinski definition) is 1. The molecule has 0 radical (unpaired) electrons. The van der Waals surface area contributed by atoms with Crippen LogP contribution in [-0.4, -0.2) is 17.0 Å². The van der Waals surface area contributed by atoms with Crippen molar-refractivity contribution in [2.45, 2.75) is 20.0 Å². The lowest BCUT2D eigenvalue weighted by Crippen LogP contribution is -2.17. The highest BCUT2D eigenvalue weighted by molar-refractivity contribution is 7.17. The molecule has 3 aromatic rings. The Bertz CT molecular complexity index is 1200. The molecule has 2 aromatic carbocycles. The van der Waals surface area contributed by atoms with Crippen LogP contribution < -0.4 is 10.1 Å². The molecule has 1 aromatic heterocycles. The van der Waals surface area contributed by atoms with Gasteiger partial charge in [-0.3, -0.25) is 4.79 Å². The van der Waals surface area contributed by atoms with Gasteiger partial charge in [0, 0.05) is 18.1 Å². The predicted octanol–water partition coefficient (Wildman–Crippen LogP) is 5.54. The first-order chi connectivity index (χ1) is 14.5. The van der Waals surface area contributed by atoms with Crippen LogP contribution in [0.4, 0.5) is 5.00 Å². The van der Waals surface area contributed by atoms with Gasteiger partial charge in [0.15, 0.2) is 0 Å².